The summed E-state index contributed by atoms with van der Waals surface area (Å²) in [7, 11) is -1.95. The molecule has 1 aromatic carbocycles. The van der Waals surface area contributed by atoms with Crippen LogP contribution in [0.25, 0.3) is 0 Å². The minimum atomic E-state index is -3.66. The number of amides is 1. The monoisotopic (exact) mass is 397 g/mol. The van der Waals surface area contributed by atoms with Crippen molar-refractivity contribution in [2.75, 3.05) is 46.4 Å². The zero-order valence-corrected chi connectivity index (χ0v) is 17.5. The number of hydrogen-bond acceptors (Lipinski definition) is 5. The van der Waals surface area contributed by atoms with Gasteiger partial charge in [-0.05, 0) is 36.1 Å². The smallest absolute Gasteiger partial charge is 0.253 e. The Balaban J connectivity index is 2.35. The van der Waals surface area contributed by atoms with Gasteiger partial charge in [-0.15, -0.1) is 0 Å². The SMILES string of the molecule is CCc1ccc(C(=O)N(C)CC(C)(C)CN)cc1S(=O)(=O)N1CCOCC1. The molecule has 0 aliphatic carbocycles. The maximum Gasteiger partial charge on any atom is 0.253 e. The minimum Gasteiger partial charge on any atom is -0.379 e. The number of nitrogens with two attached hydrogens (primary N) is 1. The fraction of sp³-hybridized carbons (Fsp3) is 0.632. The second kappa shape index (κ2) is 8.68. The second-order valence-corrected chi connectivity index (χ2v) is 9.63. The molecule has 0 aromatic heterocycles. The van der Waals surface area contributed by atoms with Gasteiger partial charge in [0.2, 0.25) is 10.0 Å². The molecule has 1 aromatic rings. The Bertz CT molecular complexity index is 771. The largest absolute Gasteiger partial charge is 0.379 e. The number of morpholine rings is 1. The molecule has 1 saturated heterocycles. The van der Waals surface area contributed by atoms with Crippen LogP contribution >= 0.6 is 0 Å². The van der Waals surface area contributed by atoms with Crippen LogP contribution in [0.15, 0.2) is 23.1 Å². The van der Waals surface area contributed by atoms with E-state index in [1.54, 1.807) is 24.1 Å². The van der Waals surface area contributed by atoms with Crippen molar-refractivity contribution in [3.8, 4) is 0 Å². The number of hydrogen-bond donors (Lipinski definition) is 1. The average molecular weight is 398 g/mol. The highest BCUT2D eigenvalue weighted by Gasteiger charge is 2.30. The van der Waals surface area contributed by atoms with Gasteiger partial charge in [0.1, 0.15) is 0 Å². The standard InChI is InChI=1S/C19H31N3O4S/c1-5-15-6-7-16(18(23)21(4)14-19(2,3)13-20)12-17(15)27(24,25)22-8-10-26-11-9-22/h6-7,12H,5,8-11,13-14,20H2,1-4H3. The molecule has 0 unspecified atom stereocenters. The van der Waals surface area contributed by atoms with E-state index in [1.807, 2.05) is 20.8 Å². The van der Waals surface area contributed by atoms with Gasteiger partial charge in [0.25, 0.3) is 5.91 Å². The van der Waals surface area contributed by atoms with E-state index < -0.39 is 10.0 Å². The van der Waals surface area contributed by atoms with Crippen LogP contribution in [-0.4, -0.2) is 70.0 Å². The van der Waals surface area contributed by atoms with E-state index in [1.165, 1.54) is 10.4 Å². The molecule has 1 amide bonds. The molecule has 0 spiro atoms. The third-order valence-electron chi connectivity index (χ3n) is 4.85. The van der Waals surface area contributed by atoms with Crippen LogP contribution < -0.4 is 5.73 Å². The zero-order chi connectivity index (χ0) is 20.2. The average Bonchev–Trinajstić information content (AvgIpc) is 2.67. The Hall–Kier alpha value is -1.48. The first-order chi connectivity index (χ1) is 12.6. The van der Waals surface area contributed by atoms with Crippen LogP contribution in [0.2, 0.25) is 0 Å². The molecule has 1 aliphatic rings. The Labute approximate surface area is 162 Å². The van der Waals surface area contributed by atoms with E-state index in [0.29, 0.717) is 56.9 Å². The van der Waals surface area contributed by atoms with Gasteiger partial charge in [0, 0.05) is 32.2 Å². The summed E-state index contributed by atoms with van der Waals surface area (Å²) in [6.07, 6.45) is 0.573. The van der Waals surface area contributed by atoms with Gasteiger partial charge in [-0.3, -0.25) is 4.79 Å². The zero-order valence-electron chi connectivity index (χ0n) is 16.7. The maximum atomic E-state index is 13.1. The Morgan fingerprint density at radius 2 is 1.93 bits per heavy atom. The van der Waals surface area contributed by atoms with Gasteiger partial charge in [-0.2, -0.15) is 4.31 Å². The fourth-order valence-corrected chi connectivity index (χ4v) is 4.87. The number of carbonyl (C=O) groups excluding carboxylic acids is 1. The molecule has 27 heavy (non-hydrogen) atoms. The van der Waals surface area contributed by atoms with Crippen molar-refractivity contribution in [3.05, 3.63) is 29.3 Å². The van der Waals surface area contributed by atoms with E-state index in [-0.39, 0.29) is 16.2 Å². The molecule has 0 atom stereocenters. The molecule has 7 nitrogen and oxygen atoms in total. The summed E-state index contributed by atoms with van der Waals surface area (Å²) in [5.41, 5.74) is 6.63. The Kier molecular flexibility index (Phi) is 7.02. The highest BCUT2D eigenvalue weighted by Crippen LogP contribution is 2.24. The summed E-state index contributed by atoms with van der Waals surface area (Å²) in [6, 6.07) is 4.95. The molecule has 0 saturated carbocycles. The van der Waals surface area contributed by atoms with Crippen LogP contribution in [0.3, 0.4) is 0 Å². The molecule has 0 bridgehead atoms. The van der Waals surface area contributed by atoms with Crippen LogP contribution in [0.4, 0.5) is 0 Å². The molecular weight excluding hydrogens is 366 g/mol. The summed E-state index contributed by atoms with van der Waals surface area (Å²) in [5.74, 6) is -0.211. The number of aryl methyl sites for hydroxylation is 1. The first-order valence-electron chi connectivity index (χ1n) is 9.29. The van der Waals surface area contributed by atoms with Crippen molar-refractivity contribution in [1.82, 2.24) is 9.21 Å². The third kappa shape index (κ3) is 5.07. The number of sulfonamides is 1. The van der Waals surface area contributed by atoms with Crippen molar-refractivity contribution in [2.24, 2.45) is 11.1 Å². The van der Waals surface area contributed by atoms with Gasteiger partial charge in [-0.1, -0.05) is 26.8 Å². The quantitative estimate of drug-likeness (QED) is 0.749. The lowest BCUT2D eigenvalue weighted by atomic mass is 9.93. The number of benzene rings is 1. The lowest BCUT2D eigenvalue weighted by molar-refractivity contribution is 0.0728. The maximum absolute atomic E-state index is 13.1. The van der Waals surface area contributed by atoms with Gasteiger partial charge in [0.05, 0.1) is 18.1 Å². The van der Waals surface area contributed by atoms with E-state index in [2.05, 4.69) is 0 Å². The number of nitrogens with zero attached hydrogens (tertiary/aromatic N) is 2. The van der Waals surface area contributed by atoms with Crippen molar-refractivity contribution in [2.45, 2.75) is 32.1 Å². The van der Waals surface area contributed by atoms with E-state index in [0.717, 1.165) is 0 Å². The summed E-state index contributed by atoms with van der Waals surface area (Å²) in [5, 5.41) is 0. The van der Waals surface area contributed by atoms with Gasteiger partial charge >= 0.3 is 0 Å². The van der Waals surface area contributed by atoms with E-state index >= 15 is 0 Å². The highest BCUT2D eigenvalue weighted by molar-refractivity contribution is 7.89. The first kappa shape index (κ1) is 21.8. The van der Waals surface area contributed by atoms with Crippen LogP contribution in [0.5, 0.6) is 0 Å². The summed E-state index contributed by atoms with van der Waals surface area (Å²) >= 11 is 0. The molecule has 2 N–H and O–H groups in total. The summed E-state index contributed by atoms with van der Waals surface area (Å²) < 4.78 is 32.9. The molecule has 2 rings (SSSR count). The molecule has 0 radical (unpaired) electrons. The first-order valence-corrected chi connectivity index (χ1v) is 10.7. The minimum absolute atomic E-state index is 0.211. The summed E-state index contributed by atoms with van der Waals surface area (Å²) in [4.78, 5) is 14.7. The van der Waals surface area contributed by atoms with Gasteiger partial charge < -0.3 is 15.4 Å². The normalized spacial score (nSPS) is 16.3. The molecule has 1 heterocycles. The van der Waals surface area contributed by atoms with Crippen molar-refractivity contribution in [3.63, 3.8) is 0 Å². The molecule has 8 heteroatoms. The fourth-order valence-electron chi connectivity index (χ4n) is 3.14. The van der Waals surface area contributed by atoms with Gasteiger partial charge in [-0.25, -0.2) is 8.42 Å². The number of rotatable bonds is 7. The molecule has 1 aliphatic heterocycles. The highest BCUT2D eigenvalue weighted by atomic mass is 32.2. The Morgan fingerprint density at radius 1 is 1.30 bits per heavy atom. The predicted octanol–water partition coefficient (Wildman–Crippen LogP) is 1.33. The van der Waals surface area contributed by atoms with Crippen molar-refractivity contribution >= 4 is 15.9 Å². The van der Waals surface area contributed by atoms with E-state index in [4.69, 9.17) is 10.5 Å². The summed E-state index contributed by atoms with van der Waals surface area (Å²) in [6.45, 7) is 8.26. The number of carbonyl (C=O) groups is 1. The third-order valence-corrected chi connectivity index (χ3v) is 6.83. The van der Waals surface area contributed by atoms with Crippen LogP contribution in [0.1, 0.15) is 36.7 Å². The van der Waals surface area contributed by atoms with Crippen LogP contribution in [-0.2, 0) is 21.2 Å². The van der Waals surface area contributed by atoms with Gasteiger partial charge in [0.15, 0.2) is 0 Å². The molecular formula is C19H31N3O4S. The van der Waals surface area contributed by atoms with Crippen molar-refractivity contribution in [1.29, 1.82) is 0 Å². The molecule has 1 fully saturated rings. The topological polar surface area (TPSA) is 92.9 Å². The van der Waals surface area contributed by atoms with Crippen molar-refractivity contribution < 1.29 is 17.9 Å². The van der Waals surface area contributed by atoms with Crippen LogP contribution in [0, 0.1) is 5.41 Å². The lowest BCUT2D eigenvalue weighted by Crippen LogP contribution is -2.41. The predicted molar refractivity (Wildman–Crippen MR) is 105 cm³/mol. The molecule has 152 valence electrons. The lowest BCUT2D eigenvalue weighted by Gasteiger charge is -2.29. The second-order valence-electron chi connectivity index (χ2n) is 7.72. The van der Waals surface area contributed by atoms with E-state index in [9.17, 15) is 13.2 Å². The Morgan fingerprint density at radius 3 is 2.48 bits per heavy atom. The number of ether oxygens (including phenoxy) is 1.